The molecule has 0 aliphatic rings. The van der Waals surface area contributed by atoms with Crippen molar-refractivity contribution in [3.8, 4) is 0 Å². The van der Waals surface area contributed by atoms with Gasteiger partial charge in [0, 0.05) is 12.6 Å². The van der Waals surface area contributed by atoms with Gasteiger partial charge in [-0.25, -0.2) is 14.0 Å². The molecule has 0 saturated carbocycles. The summed E-state index contributed by atoms with van der Waals surface area (Å²) in [7, 11) is 1.09. The molecular formula is C26H36FN7O8. The lowest BCUT2D eigenvalue weighted by molar-refractivity contribution is -0.394. The van der Waals surface area contributed by atoms with Crippen LogP contribution in [0.25, 0.3) is 0 Å². The molecule has 2 aromatic carbocycles. The van der Waals surface area contributed by atoms with E-state index in [4.69, 9.17) is 10.5 Å². The molecule has 0 aromatic heterocycles. The summed E-state index contributed by atoms with van der Waals surface area (Å²) in [6.07, 6.45) is 2.57. The summed E-state index contributed by atoms with van der Waals surface area (Å²) in [5.74, 6) is -1.66. The first-order valence-corrected chi connectivity index (χ1v) is 13.3. The van der Waals surface area contributed by atoms with Crippen LogP contribution in [-0.2, 0) is 16.1 Å². The van der Waals surface area contributed by atoms with E-state index in [1.54, 1.807) is 0 Å². The molecule has 0 aliphatic heterocycles. The van der Waals surface area contributed by atoms with Crippen LogP contribution >= 0.6 is 0 Å². The van der Waals surface area contributed by atoms with Crippen LogP contribution in [-0.4, -0.2) is 68.3 Å². The summed E-state index contributed by atoms with van der Waals surface area (Å²) in [4.78, 5) is 45.3. The second-order valence-electron chi connectivity index (χ2n) is 9.03. The number of halogens is 1. The van der Waals surface area contributed by atoms with Gasteiger partial charge in [-0.15, -0.1) is 0 Å². The quantitative estimate of drug-likeness (QED) is 0.0687. The third-order valence-electron chi connectivity index (χ3n) is 5.94. The van der Waals surface area contributed by atoms with Crippen molar-refractivity contribution in [1.29, 1.82) is 0 Å². The van der Waals surface area contributed by atoms with Crippen LogP contribution in [0, 0.1) is 26.0 Å². The molecule has 0 atom stereocenters. The van der Waals surface area contributed by atoms with Crippen molar-refractivity contribution >= 4 is 34.8 Å². The predicted octanol–water partition coefficient (Wildman–Crippen LogP) is 3.29. The Morgan fingerprint density at radius 2 is 1.57 bits per heavy atom. The standard InChI is InChI=1S/C26H36FN7O8/c1-41-25(35)20-15-21(27)23(31-13-5-12-30-10-3-2-9-29-11-4-8-28)16-22(20)32-26(36)42-17-18-6-7-19(33(37)38)14-24(18)34(39)40/h6-7,14-16,29-31H,2-5,8-13,17,28H2,1H3,(H,32,36). The Kier molecular flexibility index (Phi) is 14.6. The normalized spacial score (nSPS) is 10.6. The van der Waals surface area contributed by atoms with Crippen molar-refractivity contribution in [3.63, 3.8) is 0 Å². The van der Waals surface area contributed by atoms with Crippen molar-refractivity contribution in [2.24, 2.45) is 5.73 Å². The van der Waals surface area contributed by atoms with Gasteiger partial charge in [-0.05, 0) is 76.6 Å². The maximum absolute atomic E-state index is 14.7. The predicted molar refractivity (Wildman–Crippen MR) is 153 cm³/mol. The van der Waals surface area contributed by atoms with Crippen LogP contribution < -0.4 is 27.0 Å². The summed E-state index contributed by atoms with van der Waals surface area (Å²) in [5.41, 5.74) is 3.87. The largest absolute Gasteiger partial charge is 0.465 e. The summed E-state index contributed by atoms with van der Waals surface area (Å²) >= 11 is 0. The fourth-order valence-electron chi connectivity index (χ4n) is 3.75. The van der Waals surface area contributed by atoms with Gasteiger partial charge in [0.1, 0.15) is 12.4 Å². The second-order valence-corrected chi connectivity index (χ2v) is 9.03. The number of esters is 1. The number of benzene rings is 2. The summed E-state index contributed by atoms with van der Waals surface area (Å²) < 4.78 is 24.4. The Bertz CT molecular complexity index is 1230. The number of rotatable bonds is 19. The van der Waals surface area contributed by atoms with Gasteiger partial charge in [0.25, 0.3) is 11.4 Å². The van der Waals surface area contributed by atoms with Gasteiger partial charge < -0.3 is 31.2 Å². The molecule has 0 unspecified atom stereocenters. The van der Waals surface area contributed by atoms with Gasteiger partial charge >= 0.3 is 12.1 Å². The summed E-state index contributed by atoms with van der Waals surface area (Å²) in [6.45, 7) is 3.87. The van der Waals surface area contributed by atoms with Crippen molar-refractivity contribution in [2.45, 2.75) is 32.3 Å². The molecule has 0 radical (unpaired) electrons. The van der Waals surface area contributed by atoms with Gasteiger partial charge in [0.05, 0.1) is 45.5 Å². The average molecular weight is 594 g/mol. The van der Waals surface area contributed by atoms with Gasteiger partial charge in [0.2, 0.25) is 0 Å². The number of carbonyl (C=O) groups excluding carboxylic acids is 2. The minimum atomic E-state index is -1.11. The fourth-order valence-corrected chi connectivity index (χ4v) is 3.75. The van der Waals surface area contributed by atoms with E-state index in [1.165, 1.54) is 6.07 Å². The lowest BCUT2D eigenvalue weighted by Gasteiger charge is -2.14. The van der Waals surface area contributed by atoms with Crippen molar-refractivity contribution in [1.82, 2.24) is 10.6 Å². The molecule has 0 spiro atoms. The average Bonchev–Trinajstić information content (AvgIpc) is 2.97. The van der Waals surface area contributed by atoms with E-state index in [2.05, 4.69) is 26.0 Å². The number of nitrogens with two attached hydrogens (primary N) is 1. The molecule has 0 saturated heterocycles. The number of methoxy groups -OCH3 is 1. The van der Waals surface area contributed by atoms with E-state index in [9.17, 15) is 34.2 Å². The lowest BCUT2D eigenvalue weighted by Crippen LogP contribution is -2.22. The number of nitrogens with zero attached hydrogens (tertiary/aromatic N) is 2. The molecule has 15 nitrogen and oxygen atoms in total. The summed E-state index contributed by atoms with van der Waals surface area (Å²) in [5, 5.41) is 34.1. The number of anilines is 2. The number of non-ortho nitro benzene ring substituents is 1. The highest BCUT2D eigenvalue weighted by molar-refractivity contribution is 6.00. The highest BCUT2D eigenvalue weighted by atomic mass is 19.1. The highest BCUT2D eigenvalue weighted by Gasteiger charge is 2.22. The van der Waals surface area contributed by atoms with Gasteiger partial charge in [-0.2, -0.15) is 0 Å². The maximum atomic E-state index is 14.7. The number of nitro groups is 2. The van der Waals surface area contributed by atoms with E-state index in [-0.39, 0.29) is 22.5 Å². The molecule has 2 aromatic rings. The molecule has 0 bridgehead atoms. The molecule has 42 heavy (non-hydrogen) atoms. The topological polar surface area (TPSA) is 213 Å². The first kappa shape index (κ1) is 33.8. The zero-order chi connectivity index (χ0) is 30.9. The highest BCUT2D eigenvalue weighted by Crippen LogP contribution is 2.27. The molecule has 0 fully saturated rings. The minimum absolute atomic E-state index is 0.0208. The SMILES string of the molecule is COC(=O)c1cc(F)c(NCCCNCCCCNCCCN)cc1NC(=O)OCc1ccc([N+](=O)[O-])cc1[N+](=O)[O-]. The smallest absolute Gasteiger partial charge is 0.411 e. The van der Waals surface area contributed by atoms with Crippen molar-refractivity contribution < 1.29 is 33.3 Å². The molecule has 0 heterocycles. The Balaban J connectivity index is 1.93. The Hall–Kier alpha value is -4.41. The third-order valence-corrected chi connectivity index (χ3v) is 5.94. The minimum Gasteiger partial charge on any atom is -0.465 e. The fraction of sp³-hybridized carbons (Fsp3) is 0.462. The zero-order valence-corrected chi connectivity index (χ0v) is 23.3. The van der Waals surface area contributed by atoms with E-state index in [0.717, 1.165) is 70.3 Å². The molecule has 0 aliphatic carbocycles. The van der Waals surface area contributed by atoms with Crippen LogP contribution in [0.2, 0.25) is 0 Å². The lowest BCUT2D eigenvalue weighted by atomic mass is 10.1. The number of nitrogens with one attached hydrogen (secondary N) is 4. The maximum Gasteiger partial charge on any atom is 0.411 e. The van der Waals surface area contributed by atoms with Gasteiger partial charge in [-0.3, -0.25) is 25.5 Å². The van der Waals surface area contributed by atoms with Crippen LogP contribution in [0.1, 0.15) is 41.6 Å². The van der Waals surface area contributed by atoms with E-state index in [1.807, 2.05) is 0 Å². The molecule has 230 valence electrons. The Morgan fingerprint density at radius 1 is 0.905 bits per heavy atom. The van der Waals surface area contributed by atoms with Crippen LogP contribution in [0.3, 0.4) is 0 Å². The number of carbonyl (C=O) groups is 2. The first-order valence-electron chi connectivity index (χ1n) is 13.3. The number of hydrogen-bond acceptors (Lipinski definition) is 12. The Labute approximate surface area is 241 Å². The summed E-state index contributed by atoms with van der Waals surface area (Å²) in [6, 6.07) is 5.01. The molecule has 2 rings (SSSR count). The van der Waals surface area contributed by atoms with Crippen LogP contribution in [0.15, 0.2) is 30.3 Å². The van der Waals surface area contributed by atoms with Crippen molar-refractivity contribution in [2.75, 3.05) is 57.0 Å². The molecule has 16 heteroatoms. The molecular weight excluding hydrogens is 557 g/mol. The van der Waals surface area contributed by atoms with Crippen LogP contribution in [0.4, 0.5) is 31.9 Å². The molecule has 1 amide bonds. The monoisotopic (exact) mass is 593 g/mol. The van der Waals surface area contributed by atoms with E-state index >= 15 is 0 Å². The van der Waals surface area contributed by atoms with E-state index in [0.29, 0.717) is 26.1 Å². The number of ether oxygens (including phenoxy) is 2. The molecule has 6 N–H and O–H groups in total. The van der Waals surface area contributed by atoms with Gasteiger partial charge in [0.15, 0.2) is 0 Å². The number of amides is 1. The first-order chi connectivity index (χ1) is 20.2. The third kappa shape index (κ3) is 11.2. The second kappa shape index (κ2) is 18.1. The zero-order valence-electron chi connectivity index (χ0n) is 23.3. The number of nitro benzene ring substituents is 2. The van der Waals surface area contributed by atoms with Gasteiger partial charge in [-0.1, -0.05) is 0 Å². The van der Waals surface area contributed by atoms with E-state index < -0.39 is 45.7 Å². The number of hydrogen-bond donors (Lipinski definition) is 5. The van der Waals surface area contributed by atoms with Crippen LogP contribution in [0.5, 0.6) is 0 Å². The Morgan fingerprint density at radius 3 is 2.19 bits per heavy atom. The van der Waals surface area contributed by atoms with Crippen molar-refractivity contribution in [3.05, 3.63) is 67.5 Å². The number of unbranched alkanes of at least 4 members (excludes halogenated alkanes) is 1.